The average Bonchev–Trinajstić information content (AvgIpc) is 3.51. The molecule has 0 radical (unpaired) electrons. The Balaban J connectivity index is 1.65. The quantitative estimate of drug-likeness (QED) is 0.354. The van der Waals surface area contributed by atoms with E-state index >= 15 is 0 Å². The van der Waals surface area contributed by atoms with Crippen LogP contribution in [0.2, 0.25) is 0 Å². The van der Waals surface area contributed by atoms with Crippen LogP contribution in [-0.4, -0.2) is 55.6 Å². The number of pyridine rings is 1. The number of fused-ring (bicyclic) bond motifs is 4. The van der Waals surface area contributed by atoms with Gasteiger partial charge in [-0.25, -0.2) is 4.68 Å². The zero-order chi connectivity index (χ0) is 25.7. The van der Waals surface area contributed by atoms with Crippen LogP contribution in [0.3, 0.4) is 0 Å². The summed E-state index contributed by atoms with van der Waals surface area (Å²) in [4.78, 5) is 4.97. The minimum atomic E-state index is -0.426. The number of hydrogen-bond acceptors (Lipinski definition) is 6. The van der Waals surface area contributed by atoms with Crippen LogP contribution in [0.5, 0.6) is 5.75 Å². The molecule has 6 rings (SSSR count). The number of aryl methyl sites for hydroxylation is 2. The molecule has 5 aromatic rings. The van der Waals surface area contributed by atoms with Gasteiger partial charge in [0.1, 0.15) is 11.9 Å². The molecule has 0 saturated carbocycles. The lowest BCUT2D eigenvalue weighted by molar-refractivity contribution is 0.121. The third kappa shape index (κ3) is 3.97. The Labute approximate surface area is 215 Å². The number of benzene rings is 2. The summed E-state index contributed by atoms with van der Waals surface area (Å²) in [5.41, 5.74) is 8.03. The molecule has 3 aromatic heterocycles. The first-order chi connectivity index (χ1) is 18.0. The van der Waals surface area contributed by atoms with Crippen molar-refractivity contribution < 1.29 is 14.6 Å². The Morgan fingerprint density at radius 3 is 2.73 bits per heavy atom. The van der Waals surface area contributed by atoms with Gasteiger partial charge in [0.05, 0.1) is 40.1 Å². The fourth-order valence-electron chi connectivity index (χ4n) is 5.72. The highest BCUT2D eigenvalue weighted by molar-refractivity contribution is 6.07. The summed E-state index contributed by atoms with van der Waals surface area (Å²) in [7, 11) is 3.62. The SMILES string of the molecule is COCCC1Oc2ccccc2C1n1c2cc(CC(C)O)ccc2c2ncc(-c3c(C)nnn3C)cc21. The van der Waals surface area contributed by atoms with Gasteiger partial charge in [-0.2, -0.15) is 0 Å². The van der Waals surface area contributed by atoms with E-state index in [-0.39, 0.29) is 12.1 Å². The van der Waals surface area contributed by atoms with Gasteiger partial charge in [-0.1, -0.05) is 35.5 Å². The zero-order valence-corrected chi connectivity index (χ0v) is 21.5. The summed E-state index contributed by atoms with van der Waals surface area (Å²) in [6.45, 7) is 4.38. The Morgan fingerprint density at radius 1 is 1.14 bits per heavy atom. The smallest absolute Gasteiger partial charge is 0.126 e. The fraction of sp³-hybridized carbons (Fsp3) is 0.345. The summed E-state index contributed by atoms with van der Waals surface area (Å²) in [5, 5.41) is 19.6. The van der Waals surface area contributed by atoms with E-state index in [2.05, 4.69) is 51.3 Å². The third-order valence-corrected chi connectivity index (χ3v) is 7.26. The average molecular weight is 498 g/mol. The molecule has 0 amide bonds. The first kappa shape index (κ1) is 23.6. The van der Waals surface area contributed by atoms with E-state index in [1.54, 1.807) is 11.8 Å². The summed E-state index contributed by atoms with van der Waals surface area (Å²) in [6, 6.07) is 16.8. The molecule has 0 saturated heterocycles. The van der Waals surface area contributed by atoms with Gasteiger partial charge in [0, 0.05) is 49.9 Å². The molecule has 0 bridgehead atoms. The molecule has 3 unspecified atom stereocenters. The number of hydrogen-bond donors (Lipinski definition) is 1. The van der Waals surface area contributed by atoms with E-state index in [4.69, 9.17) is 14.5 Å². The summed E-state index contributed by atoms with van der Waals surface area (Å²) in [6.07, 6.45) is 2.72. The highest BCUT2D eigenvalue weighted by atomic mass is 16.5. The molecule has 37 heavy (non-hydrogen) atoms. The maximum Gasteiger partial charge on any atom is 0.126 e. The molecule has 0 aliphatic carbocycles. The number of para-hydroxylation sites is 1. The van der Waals surface area contributed by atoms with Crippen LogP contribution >= 0.6 is 0 Å². The largest absolute Gasteiger partial charge is 0.487 e. The molecule has 8 heteroatoms. The second kappa shape index (κ2) is 9.28. The van der Waals surface area contributed by atoms with Crippen LogP contribution in [0.1, 0.15) is 36.2 Å². The fourth-order valence-corrected chi connectivity index (χ4v) is 5.72. The molecule has 1 aliphatic heterocycles. The van der Waals surface area contributed by atoms with Crippen LogP contribution in [0, 0.1) is 6.92 Å². The lowest BCUT2D eigenvalue weighted by Crippen LogP contribution is -2.26. The van der Waals surface area contributed by atoms with Gasteiger partial charge in [-0.05, 0) is 44.0 Å². The van der Waals surface area contributed by atoms with Gasteiger partial charge in [-0.15, -0.1) is 5.10 Å². The lowest BCUT2D eigenvalue weighted by Gasteiger charge is -2.23. The van der Waals surface area contributed by atoms with E-state index in [9.17, 15) is 5.11 Å². The topological polar surface area (TPSA) is 87.2 Å². The molecule has 1 N–H and O–H groups in total. The highest BCUT2D eigenvalue weighted by Gasteiger charge is 2.37. The number of nitrogens with zero attached hydrogens (tertiary/aromatic N) is 5. The van der Waals surface area contributed by atoms with Gasteiger partial charge >= 0.3 is 0 Å². The molecular weight excluding hydrogens is 466 g/mol. The predicted octanol–water partition coefficient (Wildman–Crippen LogP) is 4.60. The zero-order valence-electron chi connectivity index (χ0n) is 21.5. The van der Waals surface area contributed by atoms with Gasteiger partial charge < -0.3 is 19.1 Å². The third-order valence-electron chi connectivity index (χ3n) is 7.26. The van der Waals surface area contributed by atoms with Crippen molar-refractivity contribution in [2.75, 3.05) is 13.7 Å². The molecule has 4 heterocycles. The molecule has 0 fully saturated rings. The monoisotopic (exact) mass is 497 g/mol. The van der Waals surface area contributed by atoms with Crippen LogP contribution in [0.4, 0.5) is 0 Å². The first-order valence-corrected chi connectivity index (χ1v) is 12.7. The minimum Gasteiger partial charge on any atom is -0.487 e. The van der Waals surface area contributed by atoms with Gasteiger partial charge in [-0.3, -0.25) is 4.98 Å². The Morgan fingerprint density at radius 2 is 1.97 bits per heavy atom. The van der Waals surface area contributed by atoms with Crippen LogP contribution in [-0.2, 0) is 18.2 Å². The van der Waals surface area contributed by atoms with Crippen molar-refractivity contribution in [2.24, 2.45) is 7.05 Å². The van der Waals surface area contributed by atoms with Crippen molar-refractivity contribution in [3.05, 3.63) is 71.5 Å². The van der Waals surface area contributed by atoms with Crippen molar-refractivity contribution in [3.63, 3.8) is 0 Å². The summed E-state index contributed by atoms with van der Waals surface area (Å²) >= 11 is 0. The van der Waals surface area contributed by atoms with Crippen LogP contribution in [0.15, 0.2) is 54.7 Å². The van der Waals surface area contributed by atoms with E-state index in [0.29, 0.717) is 13.0 Å². The van der Waals surface area contributed by atoms with E-state index in [0.717, 1.165) is 62.2 Å². The van der Waals surface area contributed by atoms with Crippen molar-refractivity contribution in [1.29, 1.82) is 0 Å². The molecule has 190 valence electrons. The summed E-state index contributed by atoms with van der Waals surface area (Å²) < 4.78 is 16.1. The summed E-state index contributed by atoms with van der Waals surface area (Å²) in [5.74, 6) is 0.902. The Bertz CT molecular complexity index is 1580. The van der Waals surface area contributed by atoms with Crippen molar-refractivity contribution in [2.45, 2.75) is 44.9 Å². The lowest BCUT2D eigenvalue weighted by atomic mass is 10.0. The van der Waals surface area contributed by atoms with Crippen molar-refractivity contribution >= 4 is 21.9 Å². The van der Waals surface area contributed by atoms with Crippen molar-refractivity contribution in [1.82, 2.24) is 24.5 Å². The van der Waals surface area contributed by atoms with E-state index in [1.807, 2.05) is 39.2 Å². The number of ether oxygens (including phenoxy) is 2. The molecule has 2 aromatic carbocycles. The van der Waals surface area contributed by atoms with E-state index < -0.39 is 6.10 Å². The second-order valence-electron chi connectivity index (χ2n) is 9.93. The number of aliphatic hydroxyl groups is 1. The van der Waals surface area contributed by atoms with Crippen molar-refractivity contribution in [3.8, 4) is 17.0 Å². The first-order valence-electron chi connectivity index (χ1n) is 12.7. The minimum absolute atomic E-state index is 0.0593. The predicted molar refractivity (Wildman–Crippen MR) is 143 cm³/mol. The Hall–Kier alpha value is -3.75. The maximum absolute atomic E-state index is 10.1. The normalized spacial score (nSPS) is 17.9. The Kier molecular flexibility index (Phi) is 5.93. The molecule has 0 spiro atoms. The van der Waals surface area contributed by atoms with Crippen LogP contribution in [0.25, 0.3) is 33.2 Å². The molecule has 3 atom stereocenters. The van der Waals surface area contributed by atoms with Gasteiger partial charge in [0.25, 0.3) is 0 Å². The van der Waals surface area contributed by atoms with E-state index in [1.165, 1.54) is 0 Å². The van der Waals surface area contributed by atoms with Gasteiger partial charge in [0.15, 0.2) is 0 Å². The number of aromatic nitrogens is 5. The number of aliphatic hydroxyl groups excluding tert-OH is 1. The number of methoxy groups -OCH3 is 1. The second-order valence-corrected chi connectivity index (χ2v) is 9.93. The highest BCUT2D eigenvalue weighted by Crippen LogP contribution is 2.45. The molecule has 1 aliphatic rings. The maximum atomic E-state index is 10.1. The van der Waals surface area contributed by atoms with Crippen LogP contribution < -0.4 is 4.74 Å². The number of rotatable bonds is 7. The molecular formula is C29H31N5O3. The standard InChI is InChI=1S/C29H31N5O3/c1-17(35)13-19-9-10-21-23(14-19)34(29-22-7-5-6-8-25(22)37-26(29)11-12-36-4)24-15-20(16-30-27(21)24)28-18(2)31-32-33(28)3/h5-10,14-17,26,29,35H,11-13H2,1-4H3. The van der Waals surface area contributed by atoms with Gasteiger partial charge in [0.2, 0.25) is 0 Å². The molecule has 8 nitrogen and oxygen atoms in total.